The first-order chi connectivity index (χ1) is 14.2. The van der Waals surface area contributed by atoms with Gasteiger partial charge in [-0.2, -0.15) is 18.3 Å². The largest absolute Gasteiger partial charge is 0.493 e. The Morgan fingerprint density at radius 2 is 1.97 bits per heavy atom. The molecule has 1 heterocycles. The van der Waals surface area contributed by atoms with Gasteiger partial charge >= 0.3 is 6.18 Å². The van der Waals surface area contributed by atoms with Crippen LogP contribution in [-0.2, 0) is 23.9 Å². The summed E-state index contributed by atoms with van der Waals surface area (Å²) >= 11 is 3.05. The fourth-order valence-electron chi connectivity index (χ4n) is 3.23. The maximum Gasteiger partial charge on any atom is 0.436 e. The van der Waals surface area contributed by atoms with Gasteiger partial charge in [0.25, 0.3) is 0 Å². The van der Waals surface area contributed by atoms with Gasteiger partial charge in [0.15, 0.2) is 17.2 Å². The molecule has 1 fully saturated rings. The molecular weight excluding hydrogens is 467 g/mol. The summed E-state index contributed by atoms with van der Waals surface area (Å²) in [5.74, 6) is 1.06. The maximum absolute atomic E-state index is 13.2. The normalized spacial score (nSPS) is 13.9. The second kappa shape index (κ2) is 9.28. The number of rotatable bonds is 9. The molecule has 1 saturated carbocycles. The van der Waals surface area contributed by atoms with Gasteiger partial charge in [0, 0.05) is 18.9 Å². The topological polar surface area (TPSA) is 65.4 Å². The lowest BCUT2D eigenvalue weighted by molar-refractivity contribution is -0.142. The third kappa shape index (κ3) is 5.27. The van der Waals surface area contributed by atoms with Crippen LogP contribution >= 0.6 is 15.9 Å². The number of carbonyl (C=O) groups excluding carboxylic acids is 1. The number of aryl methyl sites for hydroxylation is 1. The van der Waals surface area contributed by atoms with Crippen molar-refractivity contribution in [3.05, 3.63) is 39.6 Å². The van der Waals surface area contributed by atoms with Gasteiger partial charge < -0.3 is 14.8 Å². The standard InChI is InChI=1S/C20H23BrF3N3O3/c1-29-14-6-3-12(11-15(14)30-2)7-9-25-16(28)8-10-27-18(13-4-5-13)17(21)19(26-27)20(22,23)24/h3,6,11,13H,4-5,7-10H2,1-2H3,(H,25,28). The molecule has 0 aliphatic heterocycles. The number of ether oxygens (including phenoxy) is 2. The molecule has 1 amide bonds. The Bertz CT molecular complexity index is 911. The third-order valence-corrected chi connectivity index (χ3v) is 5.68. The molecule has 0 saturated heterocycles. The van der Waals surface area contributed by atoms with Crippen LogP contribution in [0.15, 0.2) is 22.7 Å². The van der Waals surface area contributed by atoms with Crippen molar-refractivity contribution in [2.24, 2.45) is 0 Å². The Balaban J connectivity index is 1.54. The van der Waals surface area contributed by atoms with Gasteiger partial charge in [0.1, 0.15) is 0 Å². The smallest absolute Gasteiger partial charge is 0.436 e. The van der Waals surface area contributed by atoms with Crippen LogP contribution in [0.4, 0.5) is 13.2 Å². The zero-order valence-corrected chi connectivity index (χ0v) is 18.3. The lowest BCUT2D eigenvalue weighted by atomic mass is 10.1. The molecule has 164 valence electrons. The number of amides is 1. The lowest BCUT2D eigenvalue weighted by Crippen LogP contribution is -2.27. The van der Waals surface area contributed by atoms with Crippen LogP contribution in [-0.4, -0.2) is 36.5 Å². The van der Waals surface area contributed by atoms with E-state index in [9.17, 15) is 18.0 Å². The van der Waals surface area contributed by atoms with Gasteiger partial charge in [-0.15, -0.1) is 0 Å². The second-order valence-corrected chi connectivity index (χ2v) is 7.88. The van der Waals surface area contributed by atoms with Crippen LogP contribution in [0.1, 0.15) is 42.1 Å². The Morgan fingerprint density at radius 1 is 1.27 bits per heavy atom. The Hall–Kier alpha value is -2.23. The summed E-state index contributed by atoms with van der Waals surface area (Å²) in [5, 5.41) is 6.51. The summed E-state index contributed by atoms with van der Waals surface area (Å²) in [5.41, 5.74) is 0.563. The Morgan fingerprint density at radius 3 is 2.57 bits per heavy atom. The van der Waals surface area contributed by atoms with E-state index in [0.717, 1.165) is 18.4 Å². The predicted molar refractivity (Wildman–Crippen MR) is 108 cm³/mol. The highest BCUT2D eigenvalue weighted by molar-refractivity contribution is 9.10. The SMILES string of the molecule is COc1ccc(CCNC(=O)CCn2nc(C(F)(F)F)c(Br)c2C2CC2)cc1OC. The van der Waals surface area contributed by atoms with Crippen molar-refractivity contribution < 1.29 is 27.4 Å². The first kappa shape index (κ1) is 22.5. The second-order valence-electron chi connectivity index (χ2n) is 7.08. The number of hydrogen-bond acceptors (Lipinski definition) is 4. The molecule has 10 heteroatoms. The van der Waals surface area contributed by atoms with Crippen LogP contribution < -0.4 is 14.8 Å². The van der Waals surface area contributed by atoms with Gasteiger partial charge in [-0.05, 0) is 52.9 Å². The van der Waals surface area contributed by atoms with E-state index in [2.05, 4.69) is 26.3 Å². The molecule has 6 nitrogen and oxygen atoms in total. The van der Waals surface area contributed by atoms with E-state index in [1.807, 2.05) is 12.1 Å². The van der Waals surface area contributed by atoms with Gasteiger partial charge in [-0.1, -0.05) is 6.07 Å². The lowest BCUT2D eigenvalue weighted by Gasteiger charge is -2.10. The molecule has 1 aromatic heterocycles. The van der Waals surface area contributed by atoms with Crippen LogP contribution in [0.3, 0.4) is 0 Å². The number of alkyl halides is 3. The molecule has 2 aromatic rings. The molecule has 30 heavy (non-hydrogen) atoms. The van der Waals surface area contributed by atoms with Gasteiger partial charge in [0.2, 0.25) is 5.91 Å². The molecule has 0 spiro atoms. The number of carbonyl (C=O) groups is 1. The van der Waals surface area contributed by atoms with E-state index < -0.39 is 11.9 Å². The van der Waals surface area contributed by atoms with E-state index >= 15 is 0 Å². The summed E-state index contributed by atoms with van der Waals surface area (Å²) in [4.78, 5) is 12.2. The molecule has 0 radical (unpaired) electrons. The van der Waals surface area contributed by atoms with Crippen molar-refractivity contribution in [1.29, 1.82) is 0 Å². The van der Waals surface area contributed by atoms with Crippen molar-refractivity contribution in [3.8, 4) is 11.5 Å². The number of nitrogens with zero attached hydrogens (tertiary/aromatic N) is 2. The van der Waals surface area contributed by atoms with Crippen molar-refractivity contribution in [2.75, 3.05) is 20.8 Å². The molecular formula is C20H23BrF3N3O3. The van der Waals surface area contributed by atoms with E-state index in [4.69, 9.17) is 9.47 Å². The third-order valence-electron chi connectivity index (χ3n) is 4.90. The summed E-state index contributed by atoms with van der Waals surface area (Å²) in [6, 6.07) is 5.52. The monoisotopic (exact) mass is 489 g/mol. The van der Waals surface area contributed by atoms with E-state index in [1.54, 1.807) is 20.3 Å². The van der Waals surface area contributed by atoms with E-state index in [-0.39, 0.29) is 29.3 Å². The molecule has 0 unspecified atom stereocenters. The van der Waals surface area contributed by atoms with Crippen LogP contribution in [0.2, 0.25) is 0 Å². The summed E-state index contributed by atoms with van der Waals surface area (Å²) < 4.78 is 51.2. The highest BCUT2D eigenvalue weighted by atomic mass is 79.9. The minimum atomic E-state index is -4.53. The minimum absolute atomic E-state index is 0.00800. The summed E-state index contributed by atoms with van der Waals surface area (Å²) in [6.45, 7) is 0.503. The molecule has 1 aliphatic rings. The van der Waals surface area contributed by atoms with Gasteiger partial charge in [0.05, 0.1) is 30.9 Å². The first-order valence-corrected chi connectivity index (χ1v) is 10.3. The number of hydrogen-bond donors (Lipinski definition) is 1. The number of nitrogens with one attached hydrogen (secondary N) is 1. The van der Waals surface area contributed by atoms with Gasteiger partial charge in [-0.25, -0.2) is 0 Å². The van der Waals surface area contributed by atoms with Crippen LogP contribution in [0.5, 0.6) is 11.5 Å². The van der Waals surface area contributed by atoms with Crippen LogP contribution in [0, 0.1) is 0 Å². The highest BCUT2D eigenvalue weighted by Crippen LogP contribution is 2.47. The fraction of sp³-hybridized carbons (Fsp3) is 0.500. The molecule has 1 aromatic carbocycles. The highest BCUT2D eigenvalue weighted by Gasteiger charge is 2.41. The van der Waals surface area contributed by atoms with Crippen molar-refractivity contribution in [3.63, 3.8) is 0 Å². The molecule has 0 atom stereocenters. The van der Waals surface area contributed by atoms with Crippen molar-refractivity contribution in [2.45, 2.75) is 44.3 Å². The molecule has 3 rings (SSSR count). The molecule has 1 N–H and O–H groups in total. The fourth-order valence-corrected chi connectivity index (χ4v) is 4.06. The molecule has 0 bridgehead atoms. The predicted octanol–water partition coefficient (Wildman–Crippen LogP) is 4.31. The minimum Gasteiger partial charge on any atom is -0.493 e. The van der Waals surface area contributed by atoms with Crippen molar-refractivity contribution >= 4 is 21.8 Å². The zero-order chi connectivity index (χ0) is 21.9. The maximum atomic E-state index is 13.2. The van der Waals surface area contributed by atoms with E-state index in [0.29, 0.717) is 30.2 Å². The van der Waals surface area contributed by atoms with E-state index in [1.165, 1.54) is 4.68 Å². The first-order valence-electron chi connectivity index (χ1n) is 9.55. The number of halogens is 4. The Labute approximate surface area is 180 Å². The van der Waals surface area contributed by atoms with Gasteiger partial charge in [-0.3, -0.25) is 9.48 Å². The average molecular weight is 490 g/mol. The average Bonchev–Trinajstić information content (AvgIpc) is 3.48. The van der Waals surface area contributed by atoms with Crippen molar-refractivity contribution in [1.82, 2.24) is 15.1 Å². The summed E-state index contributed by atoms with van der Waals surface area (Å²) in [7, 11) is 3.11. The Kier molecular flexibility index (Phi) is 6.95. The zero-order valence-electron chi connectivity index (χ0n) is 16.7. The quantitative estimate of drug-likeness (QED) is 0.569. The number of methoxy groups -OCH3 is 2. The summed E-state index contributed by atoms with van der Waals surface area (Å²) in [6.07, 6.45) is -2.23. The number of benzene rings is 1. The van der Waals surface area contributed by atoms with Crippen LogP contribution in [0.25, 0.3) is 0 Å². The molecule has 1 aliphatic carbocycles. The number of aromatic nitrogens is 2.